The van der Waals surface area contributed by atoms with Crippen LogP contribution in [0, 0.1) is 0 Å². The Kier molecular flexibility index (Phi) is 9.53. The molecule has 0 bridgehead atoms. The van der Waals surface area contributed by atoms with Gasteiger partial charge in [0.25, 0.3) is 0 Å². The second-order valence-electron chi connectivity index (χ2n) is 4.03. The molecule has 0 aromatic rings. The van der Waals surface area contributed by atoms with E-state index in [1.165, 1.54) is 0 Å². The minimum Gasteiger partial charge on any atom is -0.367 e. The molecule has 0 radical (unpaired) electrons. The zero-order valence-corrected chi connectivity index (χ0v) is 14.0. The highest BCUT2D eigenvalue weighted by Gasteiger charge is 2.40. The average molecular weight is 299 g/mol. The van der Waals surface area contributed by atoms with Gasteiger partial charge >= 0.3 is 0 Å². The van der Waals surface area contributed by atoms with E-state index in [0.29, 0.717) is 12.5 Å². The van der Waals surface area contributed by atoms with Crippen molar-refractivity contribution in [1.82, 2.24) is 9.34 Å². The van der Waals surface area contributed by atoms with Gasteiger partial charge in [-0.2, -0.15) is 0 Å². The van der Waals surface area contributed by atoms with E-state index in [-0.39, 0.29) is 5.85 Å². The summed E-state index contributed by atoms with van der Waals surface area (Å²) in [5, 5.41) is 0. The van der Waals surface area contributed by atoms with Gasteiger partial charge in [-0.05, 0) is 6.92 Å². The number of rotatable bonds is 10. The first-order valence-electron chi connectivity index (χ1n) is 6.80. The Bertz CT molecular complexity index is 242. The van der Waals surface area contributed by atoms with Gasteiger partial charge in [-0.15, -0.1) is 11.6 Å². The highest BCUT2D eigenvalue weighted by molar-refractivity contribution is 7.59. The molecule has 0 fully saturated rings. The van der Waals surface area contributed by atoms with Gasteiger partial charge in [-0.3, -0.25) is 4.57 Å². The van der Waals surface area contributed by atoms with Crippen molar-refractivity contribution in [1.29, 1.82) is 0 Å². The van der Waals surface area contributed by atoms with Crippen LogP contribution in [0.15, 0.2) is 0 Å². The minimum absolute atomic E-state index is 0.309. The van der Waals surface area contributed by atoms with E-state index in [0.717, 1.165) is 26.2 Å². The predicted molar refractivity (Wildman–Crippen MR) is 79.6 cm³/mol. The van der Waals surface area contributed by atoms with Crippen molar-refractivity contribution in [3.05, 3.63) is 0 Å². The Morgan fingerprint density at radius 2 is 1.44 bits per heavy atom. The van der Waals surface area contributed by atoms with Crippen LogP contribution in [0.5, 0.6) is 0 Å². The molecule has 18 heavy (non-hydrogen) atoms. The molecule has 0 heterocycles. The summed E-state index contributed by atoms with van der Waals surface area (Å²) in [6.07, 6.45) is 0. The zero-order valence-electron chi connectivity index (χ0n) is 12.4. The lowest BCUT2D eigenvalue weighted by Crippen LogP contribution is -2.37. The lowest BCUT2D eigenvalue weighted by Gasteiger charge is -2.40. The molecule has 0 N–H and O–H groups in total. The van der Waals surface area contributed by atoms with Crippen molar-refractivity contribution in [3.63, 3.8) is 0 Å². The van der Waals surface area contributed by atoms with Gasteiger partial charge in [-0.1, -0.05) is 27.7 Å². The minimum atomic E-state index is -2.67. The molecule has 6 heteroatoms. The number of hydrogen-bond donors (Lipinski definition) is 0. The Morgan fingerprint density at radius 1 is 1.06 bits per heavy atom. The molecule has 1 atom stereocenters. The van der Waals surface area contributed by atoms with Gasteiger partial charge in [0.1, 0.15) is 5.85 Å². The molecule has 0 aliphatic carbocycles. The maximum absolute atomic E-state index is 13.4. The standard InChI is InChI=1S/C12H28ClN2O2P/c1-6-14(7-2)18(16,15(8-3)9-4)12(5)17-11-10-13/h12H,6-11H2,1-5H3. The second kappa shape index (κ2) is 9.33. The quantitative estimate of drug-likeness (QED) is 0.457. The van der Waals surface area contributed by atoms with Crippen LogP contribution in [-0.4, -0.2) is 53.9 Å². The van der Waals surface area contributed by atoms with Gasteiger partial charge in [-0.25, -0.2) is 9.34 Å². The second-order valence-corrected chi connectivity index (χ2v) is 7.44. The first kappa shape index (κ1) is 18.4. The van der Waals surface area contributed by atoms with Crippen LogP contribution in [-0.2, 0) is 9.30 Å². The van der Waals surface area contributed by atoms with Gasteiger partial charge in [0.15, 0.2) is 0 Å². The van der Waals surface area contributed by atoms with E-state index in [1.807, 2.05) is 44.0 Å². The van der Waals surface area contributed by atoms with Crippen LogP contribution in [0.3, 0.4) is 0 Å². The van der Waals surface area contributed by atoms with Crippen molar-refractivity contribution in [3.8, 4) is 0 Å². The first-order valence-corrected chi connectivity index (χ1v) is 9.02. The normalized spacial score (nSPS) is 14.4. The fourth-order valence-electron chi connectivity index (χ4n) is 2.21. The molecule has 0 saturated heterocycles. The molecule has 0 amide bonds. The maximum Gasteiger partial charge on any atom is 0.244 e. The molecule has 1 unspecified atom stereocenters. The predicted octanol–water partition coefficient (Wildman–Crippen LogP) is 3.46. The zero-order chi connectivity index (χ0) is 14.2. The van der Waals surface area contributed by atoms with Gasteiger partial charge in [0.05, 0.1) is 6.61 Å². The topological polar surface area (TPSA) is 32.8 Å². The van der Waals surface area contributed by atoms with E-state index >= 15 is 0 Å². The largest absolute Gasteiger partial charge is 0.367 e. The number of halogens is 1. The average Bonchev–Trinajstić information content (AvgIpc) is 2.38. The van der Waals surface area contributed by atoms with E-state index in [9.17, 15) is 4.57 Å². The Balaban J connectivity index is 5.18. The number of nitrogens with zero attached hydrogens (tertiary/aromatic N) is 2. The smallest absolute Gasteiger partial charge is 0.244 e. The highest BCUT2D eigenvalue weighted by atomic mass is 35.5. The third-order valence-electron chi connectivity index (χ3n) is 3.18. The molecule has 0 rings (SSSR count). The van der Waals surface area contributed by atoms with Gasteiger partial charge in [0.2, 0.25) is 7.44 Å². The van der Waals surface area contributed by atoms with Crippen molar-refractivity contribution in [2.45, 2.75) is 40.5 Å². The Hall–Kier alpha value is 0.400. The van der Waals surface area contributed by atoms with Crippen LogP contribution < -0.4 is 0 Å². The fourth-order valence-corrected chi connectivity index (χ4v) is 5.50. The van der Waals surface area contributed by atoms with Crippen LogP contribution in [0.1, 0.15) is 34.6 Å². The van der Waals surface area contributed by atoms with Crippen molar-refractivity contribution in [2.24, 2.45) is 0 Å². The number of alkyl halides is 1. The van der Waals surface area contributed by atoms with Crippen LogP contribution >= 0.6 is 19.0 Å². The molecule has 0 saturated carbocycles. The van der Waals surface area contributed by atoms with Crippen molar-refractivity contribution in [2.75, 3.05) is 38.7 Å². The monoisotopic (exact) mass is 298 g/mol. The van der Waals surface area contributed by atoms with Gasteiger partial charge in [0, 0.05) is 32.1 Å². The molecule has 0 aromatic heterocycles. The summed E-state index contributed by atoms with van der Waals surface area (Å²) in [7, 11) is -2.67. The SMILES string of the molecule is CCN(CC)P(=O)(C(C)OCCCl)N(CC)CC. The fraction of sp³-hybridized carbons (Fsp3) is 1.00. The van der Waals surface area contributed by atoms with Crippen LogP contribution in [0.2, 0.25) is 0 Å². The van der Waals surface area contributed by atoms with E-state index in [4.69, 9.17) is 16.3 Å². The summed E-state index contributed by atoms with van der Waals surface area (Å²) in [4.78, 5) is 0. The van der Waals surface area contributed by atoms with E-state index in [2.05, 4.69) is 0 Å². The molecular weight excluding hydrogens is 271 g/mol. The van der Waals surface area contributed by atoms with Gasteiger partial charge < -0.3 is 4.74 Å². The summed E-state index contributed by atoms with van der Waals surface area (Å²) in [5.74, 6) is 0.122. The molecular formula is C12H28ClN2O2P. The Labute approximate surface area is 117 Å². The van der Waals surface area contributed by atoms with Crippen LogP contribution in [0.25, 0.3) is 0 Å². The summed E-state index contributed by atoms with van der Waals surface area (Å²) < 4.78 is 23.1. The summed E-state index contributed by atoms with van der Waals surface area (Å²) in [6, 6.07) is 0. The first-order chi connectivity index (χ1) is 8.52. The molecule has 0 aliphatic heterocycles. The maximum atomic E-state index is 13.4. The Morgan fingerprint density at radius 3 is 1.72 bits per heavy atom. The van der Waals surface area contributed by atoms with Crippen LogP contribution in [0.4, 0.5) is 0 Å². The number of ether oxygens (including phenoxy) is 1. The number of hydrogen-bond acceptors (Lipinski definition) is 2. The summed E-state index contributed by atoms with van der Waals surface area (Å²) >= 11 is 5.65. The van der Waals surface area contributed by atoms with Crippen molar-refractivity contribution >= 4 is 19.0 Å². The van der Waals surface area contributed by atoms with E-state index in [1.54, 1.807) is 0 Å². The molecule has 4 nitrogen and oxygen atoms in total. The van der Waals surface area contributed by atoms with Crippen molar-refractivity contribution < 1.29 is 9.30 Å². The third-order valence-corrected chi connectivity index (χ3v) is 7.18. The lowest BCUT2D eigenvalue weighted by atomic mass is 10.7. The third kappa shape index (κ3) is 4.21. The van der Waals surface area contributed by atoms with E-state index < -0.39 is 7.44 Å². The molecule has 0 aliphatic rings. The summed E-state index contributed by atoms with van der Waals surface area (Å²) in [5.41, 5.74) is 0. The summed E-state index contributed by atoms with van der Waals surface area (Å²) in [6.45, 7) is 13.5. The highest BCUT2D eigenvalue weighted by Crippen LogP contribution is 2.57. The molecule has 0 spiro atoms. The molecule has 110 valence electrons. The lowest BCUT2D eigenvalue weighted by molar-refractivity contribution is 0.115. The molecule has 0 aromatic carbocycles.